The molecule has 0 saturated carbocycles. The van der Waals surface area contributed by atoms with E-state index in [2.05, 4.69) is 0 Å². The van der Waals surface area contributed by atoms with E-state index in [4.69, 9.17) is 25.8 Å². The van der Waals surface area contributed by atoms with Gasteiger partial charge in [-0.25, -0.2) is 4.79 Å². The summed E-state index contributed by atoms with van der Waals surface area (Å²) in [5, 5.41) is 30.4. The Balaban J connectivity index is 1.67. The molecule has 0 radical (unpaired) electrons. The Bertz CT molecular complexity index is 930. The molecule has 2 aliphatic rings. The van der Waals surface area contributed by atoms with Crippen molar-refractivity contribution in [1.82, 2.24) is 0 Å². The third-order valence-corrected chi connectivity index (χ3v) is 5.84. The number of ether oxygens (including phenoxy) is 3. The molecule has 5 atom stereocenters. The third kappa shape index (κ3) is 3.79. The number of rotatable bonds is 5. The van der Waals surface area contributed by atoms with Gasteiger partial charge in [0.15, 0.2) is 6.10 Å². The normalized spacial score (nSPS) is 27.8. The van der Waals surface area contributed by atoms with E-state index in [1.165, 1.54) is 6.07 Å². The standard InChI is InChI=1S/C22H23ClO7/c1-2-28-13-5-3-11(4-6-13)7-12-8-14-15(9-16(12)23)22(27)30-21-19(26)18(25)17(10-24)29-20(14)21/h3-6,8-9,17-21,24-26H,2,7,10H2,1H3. The molecular weight excluding hydrogens is 412 g/mol. The average Bonchev–Trinajstić information content (AvgIpc) is 2.74. The number of carbonyl (C=O) groups excluding carboxylic acids is 1. The van der Waals surface area contributed by atoms with E-state index in [-0.39, 0.29) is 5.56 Å². The summed E-state index contributed by atoms with van der Waals surface area (Å²) >= 11 is 6.44. The smallest absolute Gasteiger partial charge is 0.339 e. The van der Waals surface area contributed by atoms with Gasteiger partial charge in [-0.05, 0) is 48.2 Å². The van der Waals surface area contributed by atoms with Gasteiger partial charge >= 0.3 is 5.97 Å². The van der Waals surface area contributed by atoms with Gasteiger partial charge in [-0.2, -0.15) is 0 Å². The lowest BCUT2D eigenvalue weighted by Crippen LogP contribution is -2.58. The highest BCUT2D eigenvalue weighted by molar-refractivity contribution is 6.31. The molecular formula is C22H23ClO7. The van der Waals surface area contributed by atoms with Crippen molar-refractivity contribution < 1.29 is 34.3 Å². The van der Waals surface area contributed by atoms with Gasteiger partial charge in [0, 0.05) is 5.02 Å². The minimum Gasteiger partial charge on any atom is -0.494 e. The fourth-order valence-electron chi connectivity index (χ4n) is 3.93. The van der Waals surface area contributed by atoms with Crippen molar-refractivity contribution in [3.8, 4) is 5.75 Å². The van der Waals surface area contributed by atoms with E-state index in [1.54, 1.807) is 6.07 Å². The number of benzene rings is 2. The predicted octanol–water partition coefficient (Wildman–Crippen LogP) is 2.02. The number of fused-ring (bicyclic) bond motifs is 3. The first-order valence-corrected chi connectivity index (χ1v) is 10.2. The largest absolute Gasteiger partial charge is 0.494 e. The van der Waals surface area contributed by atoms with Crippen LogP contribution in [0.1, 0.15) is 40.1 Å². The maximum atomic E-state index is 12.5. The lowest BCUT2D eigenvalue weighted by Gasteiger charge is -2.44. The molecule has 0 spiro atoms. The Morgan fingerprint density at radius 1 is 1.13 bits per heavy atom. The van der Waals surface area contributed by atoms with Gasteiger partial charge < -0.3 is 29.5 Å². The second-order valence-corrected chi connectivity index (χ2v) is 7.82. The van der Waals surface area contributed by atoms with Crippen molar-refractivity contribution in [3.63, 3.8) is 0 Å². The number of hydrogen-bond acceptors (Lipinski definition) is 7. The first-order chi connectivity index (χ1) is 14.4. The molecule has 30 heavy (non-hydrogen) atoms. The summed E-state index contributed by atoms with van der Waals surface area (Å²) in [5.41, 5.74) is 2.55. The van der Waals surface area contributed by atoms with Gasteiger partial charge in [-0.1, -0.05) is 29.8 Å². The van der Waals surface area contributed by atoms with E-state index >= 15 is 0 Å². The van der Waals surface area contributed by atoms with Crippen molar-refractivity contribution in [2.45, 2.75) is 43.9 Å². The van der Waals surface area contributed by atoms with Crippen molar-refractivity contribution in [2.24, 2.45) is 0 Å². The van der Waals surface area contributed by atoms with Crippen molar-refractivity contribution in [3.05, 3.63) is 63.7 Å². The minimum absolute atomic E-state index is 0.247. The first kappa shape index (κ1) is 21.1. The summed E-state index contributed by atoms with van der Waals surface area (Å²) in [6.45, 7) is 2.03. The van der Waals surface area contributed by atoms with Gasteiger partial charge in [0.05, 0.1) is 18.8 Å². The van der Waals surface area contributed by atoms with Crippen LogP contribution in [0.4, 0.5) is 0 Å². The monoisotopic (exact) mass is 434 g/mol. The third-order valence-electron chi connectivity index (χ3n) is 5.48. The van der Waals surface area contributed by atoms with Crippen LogP contribution in [0.5, 0.6) is 5.75 Å². The van der Waals surface area contributed by atoms with Crippen LogP contribution in [0.3, 0.4) is 0 Å². The second kappa shape index (κ2) is 8.53. The number of halogens is 1. The van der Waals surface area contributed by atoms with Crippen molar-refractivity contribution in [1.29, 1.82) is 0 Å². The zero-order valence-electron chi connectivity index (χ0n) is 16.3. The summed E-state index contributed by atoms with van der Waals surface area (Å²) in [6, 6.07) is 10.9. The highest BCUT2D eigenvalue weighted by Gasteiger charge is 2.50. The fraction of sp³-hybridized carbons (Fsp3) is 0.409. The first-order valence-electron chi connectivity index (χ1n) is 9.80. The molecule has 0 bridgehead atoms. The topological polar surface area (TPSA) is 105 Å². The fourth-order valence-corrected chi connectivity index (χ4v) is 4.16. The van der Waals surface area contributed by atoms with E-state index in [0.29, 0.717) is 23.6 Å². The number of aliphatic hydroxyl groups is 3. The van der Waals surface area contributed by atoms with E-state index in [1.807, 2.05) is 31.2 Å². The van der Waals surface area contributed by atoms with Crippen LogP contribution in [0.15, 0.2) is 36.4 Å². The zero-order valence-corrected chi connectivity index (χ0v) is 17.1. The molecule has 1 fully saturated rings. The second-order valence-electron chi connectivity index (χ2n) is 7.41. The molecule has 8 heteroatoms. The average molecular weight is 435 g/mol. The van der Waals surface area contributed by atoms with Crippen LogP contribution in [-0.2, 0) is 15.9 Å². The Labute approximate surface area is 178 Å². The predicted molar refractivity (Wildman–Crippen MR) is 108 cm³/mol. The SMILES string of the molecule is CCOc1ccc(Cc2cc3c(cc2Cl)C(=O)OC2C3OC(CO)C(O)C2O)cc1. The number of esters is 1. The van der Waals surface area contributed by atoms with Gasteiger partial charge in [0.1, 0.15) is 30.2 Å². The summed E-state index contributed by atoms with van der Waals surface area (Å²) in [7, 11) is 0. The molecule has 2 heterocycles. The molecule has 2 aromatic carbocycles. The van der Waals surface area contributed by atoms with Gasteiger partial charge in [-0.3, -0.25) is 0 Å². The maximum Gasteiger partial charge on any atom is 0.339 e. The zero-order chi connectivity index (χ0) is 21.4. The van der Waals surface area contributed by atoms with Crippen LogP contribution in [0.25, 0.3) is 0 Å². The van der Waals surface area contributed by atoms with Crippen LogP contribution >= 0.6 is 11.6 Å². The highest BCUT2D eigenvalue weighted by Crippen LogP contribution is 2.41. The van der Waals surface area contributed by atoms with Crippen LogP contribution in [-0.4, -0.2) is 58.9 Å². The molecule has 2 aromatic rings. The molecule has 0 aromatic heterocycles. The quantitative estimate of drug-likeness (QED) is 0.618. The van der Waals surface area contributed by atoms with E-state index in [9.17, 15) is 20.1 Å². The van der Waals surface area contributed by atoms with Crippen molar-refractivity contribution >= 4 is 17.6 Å². The van der Waals surface area contributed by atoms with Gasteiger partial charge in [0.2, 0.25) is 0 Å². The minimum atomic E-state index is -1.37. The number of aliphatic hydroxyl groups excluding tert-OH is 3. The molecule has 7 nitrogen and oxygen atoms in total. The van der Waals surface area contributed by atoms with Crippen LogP contribution in [0, 0.1) is 0 Å². The summed E-state index contributed by atoms with van der Waals surface area (Å²) in [5.74, 6) is 0.139. The van der Waals surface area contributed by atoms with Gasteiger partial charge in [0.25, 0.3) is 0 Å². The molecule has 0 aliphatic carbocycles. The Hall–Kier alpha value is -2.16. The highest BCUT2D eigenvalue weighted by atomic mass is 35.5. The summed E-state index contributed by atoms with van der Waals surface area (Å²) in [4.78, 5) is 12.5. The summed E-state index contributed by atoms with van der Waals surface area (Å²) < 4.78 is 16.6. The molecule has 160 valence electrons. The number of carbonyl (C=O) groups is 1. The molecule has 4 rings (SSSR count). The number of hydrogen-bond donors (Lipinski definition) is 3. The molecule has 2 aliphatic heterocycles. The Morgan fingerprint density at radius 2 is 1.87 bits per heavy atom. The Morgan fingerprint density at radius 3 is 2.53 bits per heavy atom. The van der Waals surface area contributed by atoms with Gasteiger partial charge in [-0.15, -0.1) is 0 Å². The molecule has 5 unspecified atom stereocenters. The Kier molecular flexibility index (Phi) is 5.99. The van der Waals surface area contributed by atoms with Crippen LogP contribution in [0.2, 0.25) is 5.02 Å². The molecule has 1 saturated heterocycles. The van der Waals surface area contributed by atoms with Crippen molar-refractivity contribution in [2.75, 3.05) is 13.2 Å². The van der Waals surface area contributed by atoms with E-state index < -0.39 is 43.1 Å². The lowest BCUT2D eigenvalue weighted by atomic mass is 9.85. The van der Waals surface area contributed by atoms with Crippen LogP contribution < -0.4 is 4.74 Å². The summed E-state index contributed by atoms with van der Waals surface area (Å²) in [6.07, 6.45) is -5.09. The van der Waals surface area contributed by atoms with E-state index in [0.717, 1.165) is 16.9 Å². The molecule has 0 amide bonds. The maximum absolute atomic E-state index is 12.5. The molecule has 3 N–H and O–H groups in total. The lowest BCUT2D eigenvalue weighted by molar-refractivity contribution is -0.234.